The van der Waals surface area contributed by atoms with Gasteiger partial charge in [-0.1, -0.05) is 17.7 Å². The molecular formula is C21H33NO8S. The second kappa shape index (κ2) is 14.0. The van der Waals surface area contributed by atoms with Gasteiger partial charge in [0.05, 0.1) is 39.6 Å². The van der Waals surface area contributed by atoms with Crippen LogP contribution in [-0.2, 0) is 23.7 Å². The van der Waals surface area contributed by atoms with Gasteiger partial charge in [0.2, 0.25) is 5.91 Å². The van der Waals surface area contributed by atoms with Gasteiger partial charge in [-0.3, -0.25) is 4.79 Å². The number of aliphatic hydroxyl groups excluding tert-OH is 3. The molecule has 1 saturated heterocycles. The molecule has 31 heavy (non-hydrogen) atoms. The Labute approximate surface area is 187 Å². The Balaban J connectivity index is 1.57. The highest BCUT2D eigenvalue weighted by Crippen LogP contribution is 2.22. The first-order valence-electron chi connectivity index (χ1n) is 10.3. The van der Waals surface area contributed by atoms with E-state index < -0.39 is 43.2 Å². The minimum absolute atomic E-state index is 0.144. The van der Waals surface area contributed by atoms with Gasteiger partial charge in [0.1, 0.15) is 24.4 Å². The largest absolute Gasteiger partial charge is 0.394 e. The molecular weight excluding hydrogens is 426 g/mol. The highest BCUT2D eigenvalue weighted by atomic mass is 32.2. The van der Waals surface area contributed by atoms with Crippen molar-refractivity contribution in [2.75, 3.05) is 45.4 Å². The molecule has 0 radical (unpaired) electrons. The van der Waals surface area contributed by atoms with Gasteiger partial charge in [-0.2, -0.15) is 0 Å². The van der Waals surface area contributed by atoms with Crippen LogP contribution in [0.4, 0.5) is 0 Å². The monoisotopic (exact) mass is 459 g/mol. The van der Waals surface area contributed by atoms with Crippen LogP contribution in [0.2, 0.25) is 0 Å². The van der Waals surface area contributed by atoms with Crippen LogP contribution in [0.5, 0.6) is 0 Å². The van der Waals surface area contributed by atoms with Crippen molar-refractivity contribution in [1.29, 1.82) is 0 Å². The maximum Gasteiger partial charge on any atom is 0.217 e. The number of amides is 1. The zero-order valence-electron chi connectivity index (χ0n) is 17.9. The number of carbonyl (C=O) groups excluding carboxylic acids is 1. The normalized spacial score (nSPS) is 26.0. The molecule has 1 aromatic carbocycles. The molecule has 1 aliphatic rings. The highest BCUT2D eigenvalue weighted by Gasteiger charge is 2.45. The Hall–Kier alpha value is -1.24. The first-order chi connectivity index (χ1) is 14.9. The van der Waals surface area contributed by atoms with Gasteiger partial charge in [0.15, 0.2) is 6.29 Å². The first-order valence-corrected chi connectivity index (χ1v) is 11.3. The second-order valence-corrected chi connectivity index (χ2v) is 8.36. The van der Waals surface area contributed by atoms with E-state index in [0.29, 0.717) is 19.8 Å². The fourth-order valence-corrected chi connectivity index (χ4v) is 3.96. The molecule has 0 bridgehead atoms. The molecule has 0 spiro atoms. The van der Waals surface area contributed by atoms with E-state index in [-0.39, 0.29) is 13.2 Å². The number of thioether (sulfide) groups is 1. The fraction of sp³-hybridized carbons (Fsp3) is 0.667. The van der Waals surface area contributed by atoms with Crippen LogP contribution < -0.4 is 5.32 Å². The third-order valence-corrected chi connectivity index (χ3v) is 5.58. The van der Waals surface area contributed by atoms with Crippen molar-refractivity contribution in [3.8, 4) is 0 Å². The van der Waals surface area contributed by atoms with Crippen molar-refractivity contribution in [2.45, 2.75) is 49.4 Å². The predicted molar refractivity (Wildman–Crippen MR) is 115 cm³/mol. The number of hydrogen-bond donors (Lipinski definition) is 4. The van der Waals surface area contributed by atoms with Crippen molar-refractivity contribution >= 4 is 17.7 Å². The van der Waals surface area contributed by atoms with Gasteiger partial charge in [-0.05, 0) is 19.1 Å². The smallest absolute Gasteiger partial charge is 0.217 e. The number of carbonyl (C=O) groups is 1. The van der Waals surface area contributed by atoms with E-state index in [1.807, 2.05) is 6.07 Å². The average molecular weight is 460 g/mol. The number of nitrogens with one attached hydrogen (secondary N) is 1. The van der Waals surface area contributed by atoms with E-state index in [9.17, 15) is 20.1 Å². The highest BCUT2D eigenvalue weighted by molar-refractivity contribution is 7.99. The Morgan fingerprint density at radius 2 is 1.84 bits per heavy atom. The summed E-state index contributed by atoms with van der Waals surface area (Å²) in [6.45, 7) is 4.76. The molecule has 1 fully saturated rings. The van der Waals surface area contributed by atoms with E-state index >= 15 is 0 Å². The van der Waals surface area contributed by atoms with Crippen LogP contribution in [0.3, 0.4) is 0 Å². The molecule has 0 aromatic heterocycles. The molecule has 0 saturated carbocycles. The Kier molecular flexibility index (Phi) is 11.8. The van der Waals surface area contributed by atoms with Gasteiger partial charge in [-0.25, -0.2) is 0 Å². The van der Waals surface area contributed by atoms with Crippen molar-refractivity contribution in [3.63, 3.8) is 0 Å². The summed E-state index contributed by atoms with van der Waals surface area (Å²) in [7, 11) is 0. The van der Waals surface area contributed by atoms with E-state index in [1.54, 1.807) is 11.8 Å². The summed E-state index contributed by atoms with van der Waals surface area (Å²) in [6, 6.07) is 7.37. The molecule has 9 nitrogen and oxygen atoms in total. The summed E-state index contributed by atoms with van der Waals surface area (Å²) in [4.78, 5) is 12.6. The molecule has 5 atom stereocenters. The van der Waals surface area contributed by atoms with E-state index in [4.69, 9.17) is 18.9 Å². The third-order valence-electron chi connectivity index (χ3n) is 4.62. The van der Waals surface area contributed by atoms with Gasteiger partial charge in [0.25, 0.3) is 0 Å². The summed E-state index contributed by atoms with van der Waals surface area (Å²) >= 11 is 1.74. The Bertz CT molecular complexity index is 664. The van der Waals surface area contributed by atoms with Crippen molar-refractivity contribution < 1.29 is 39.1 Å². The van der Waals surface area contributed by atoms with E-state index in [2.05, 4.69) is 30.4 Å². The lowest BCUT2D eigenvalue weighted by Gasteiger charge is -2.42. The predicted octanol–water partition coefficient (Wildman–Crippen LogP) is 0.0806. The SMILES string of the molecule is CC(=O)N[C@H]1C(OCCOCCOCCSc2cccc(C)c2)O[C@H](CO)[C@@H](O)[C@@H]1O. The van der Waals surface area contributed by atoms with Crippen LogP contribution in [0.15, 0.2) is 29.2 Å². The van der Waals surface area contributed by atoms with Gasteiger partial charge in [-0.15, -0.1) is 11.8 Å². The van der Waals surface area contributed by atoms with Gasteiger partial charge in [0, 0.05) is 17.6 Å². The molecule has 1 aliphatic heterocycles. The van der Waals surface area contributed by atoms with Gasteiger partial charge < -0.3 is 39.6 Å². The molecule has 176 valence electrons. The van der Waals surface area contributed by atoms with Crippen LogP contribution in [0, 0.1) is 6.92 Å². The zero-order chi connectivity index (χ0) is 22.6. The maximum absolute atomic E-state index is 11.4. The quantitative estimate of drug-likeness (QED) is 0.240. The summed E-state index contributed by atoms with van der Waals surface area (Å²) in [5.74, 6) is 0.459. The number of aryl methyl sites for hydroxylation is 1. The number of benzene rings is 1. The average Bonchev–Trinajstić information content (AvgIpc) is 2.74. The molecule has 1 heterocycles. The molecule has 1 aromatic rings. The van der Waals surface area contributed by atoms with Crippen molar-refractivity contribution in [3.05, 3.63) is 29.8 Å². The second-order valence-electron chi connectivity index (χ2n) is 7.19. The van der Waals surface area contributed by atoms with E-state index in [0.717, 1.165) is 5.75 Å². The molecule has 2 rings (SSSR count). The molecule has 1 amide bonds. The van der Waals surface area contributed by atoms with Crippen LogP contribution in [0.1, 0.15) is 12.5 Å². The van der Waals surface area contributed by atoms with Crippen LogP contribution in [-0.4, -0.2) is 97.3 Å². The minimum Gasteiger partial charge on any atom is -0.394 e. The minimum atomic E-state index is -1.33. The molecule has 0 aliphatic carbocycles. The van der Waals surface area contributed by atoms with Gasteiger partial charge >= 0.3 is 0 Å². The third kappa shape index (κ3) is 9.03. The number of rotatable bonds is 13. The van der Waals surface area contributed by atoms with Crippen LogP contribution in [0.25, 0.3) is 0 Å². The molecule has 4 N–H and O–H groups in total. The lowest BCUT2D eigenvalue weighted by atomic mass is 9.97. The fourth-order valence-electron chi connectivity index (χ4n) is 3.08. The van der Waals surface area contributed by atoms with Crippen LogP contribution >= 0.6 is 11.8 Å². The first kappa shape index (κ1) is 26.0. The topological polar surface area (TPSA) is 127 Å². The Morgan fingerprint density at radius 1 is 1.13 bits per heavy atom. The maximum atomic E-state index is 11.4. The summed E-state index contributed by atoms with van der Waals surface area (Å²) in [5, 5.41) is 32.0. The number of ether oxygens (including phenoxy) is 4. The molecule has 10 heteroatoms. The standard InChI is InChI=1S/C21H33NO8S/c1-14-4-3-5-16(12-14)31-11-10-28-7-6-27-8-9-29-21-18(22-15(2)24)20(26)19(25)17(13-23)30-21/h3-5,12,17-21,23,25-26H,6-11,13H2,1-2H3,(H,22,24)/t17-,18-,19-,20-,21?/m1/s1. The number of aliphatic hydroxyl groups is 3. The zero-order valence-corrected chi connectivity index (χ0v) is 18.8. The van der Waals surface area contributed by atoms with Crippen molar-refractivity contribution in [1.82, 2.24) is 5.32 Å². The lowest BCUT2D eigenvalue weighted by molar-refractivity contribution is -0.272. The summed E-state index contributed by atoms with van der Waals surface area (Å²) in [6.07, 6.45) is -4.68. The summed E-state index contributed by atoms with van der Waals surface area (Å²) < 4.78 is 22.0. The van der Waals surface area contributed by atoms with Crippen molar-refractivity contribution in [2.24, 2.45) is 0 Å². The number of hydrogen-bond acceptors (Lipinski definition) is 9. The lowest BCUT2D eigenvalue weighted by Crippen LogP contribution is -2.64. The molecule has 1 unspecified atom stereocenters. The van der Waals surface area contributed by atoms with E-state index in [1.165, 1.54) is 17.4 Å². The Morgan fingerprint density at radius 3 is 2.52 bits per heavy atom. The summed E-state index contributed by atoms with van der Waals surface area (Å²) in [5.41, 5.74) is 1.24.